The fourth-order valence-corrected chi connectivity index (χ4v) is 2.56. The lowest BCUT2D eigenvalue weighted by Gasteiger charge is -2.07. The van der Waals surface area contributed by atoms with Gasteiger partial charge >= 0.3 is 6.03 Å². The monoisotopic (exact) mass is 384 g/mol. The van der Waals surface area contributed by atoms with Crippen molar-refractivity contribution in [2.24, 2.45) is 0 Å². The summed E-state index contributed by atoms with van der Waals surface area (Å²) in [7, 11) is 1.43. The molecule has 116 valence electrons. The summed E-state index contributed by atoms with van der Waals surface area (Å²) in [5.74, 6) is -0.0748. The Morgan fingerprint density at radius 1 is 1.36 bits per heavy atom. The van der Waals surface area contributed by atoms with Gasteiger partial charge in [-0.3, -0.25) is 10.1 Å². The number of hydrogen-bond donors (Lipinski definition) is 2. The molecule has 0 radical (unpaired) electrons. The van der Waals surface area contributed by atoms with Crippen LogP contribution in [0, 0.1) is 0 Å². The molecule has 7 nitrogen and oxygen atoms in total. The second-order valence-corrected chi connectivity index (χ2v) is 6.42. The average molecular weight is 385 g/mol. The second kappa shape index (κ2) is 7.41. The summed E-state index contributed by atoms with van der Waals surface area (Å²) in [6, 6.07) is 6.88. The molecule has 0 unspecified atom stereocenters. The first-order chi connectivity index (χ1) is 10.5. The van der Waals surface area contributed by atoms with Crippen molar-refractivity contribution in [2.75, 3.05) is 7.05 Å². The van der Waals surface area contributed by atoms with E-state index in [9.17, 15) is 9.59 Å². The van der Waals surface area contributed by atoms with Gasteiger partial charge in [0.1, 0.15) is 0 Å². The average Bonchev–Trinajstić information content (AvgIpc) is 2.95. The van der Waals surface area contributed by atoms with Gasteiger partial charge < -0.3 is 9.73 Å². The molecule has 2 rings (SSSR count). The van der Waals surface area contributed by atoms with Crippen molar-refractivity contribution in [1.29, 1.82) is 0 Å². The number of rotatable bonds is 4. The number of urea groups is 1. The number of aromatic nitrogens is 2. The van der Waals surface area contributed by atoms with E-state index in [1.165, 1.54) is 7.05 Å². The van der Waals surface area contributed by atoms with E-state index >= 15 is 0 Å². The highest BCUT2D eigenvalue weighted by molar-refractivity contribution is 9.10. The third-order valence-corrected chi connectivity index (χ3v) is 4.02. The van der Waals surface area contributed by atoms with E-state index in [0.717, 1.165) is 21.8 Å². The molecule has 0 fully saturated rings. The highest BCUT2D eigenvalue weighted by atomic mass is 79.9. The Bertz CT molecular complexity index is 691. The third kappa shape index (κ3) is 4.31. The van der Waals surface area contributed by atoms with Gasteiger partial charge in [0, 0.05) is 17.1 Å². The summed E-state index contributed by atoms with van der Waals surface area (Å²) >= 11 is 4.45. The standard InChI is InChI=1S/C13H13BrN4O3S/c1-7(10(19)16-12(20)15-2)22-13-18-17-11(21-13)8-4-3-5-9(14)6-8/h3-7H,1-2H3,(H2,15,16,19,20)/t7-/m1/s1. The molecule has 1 atom stereocenters. The van der Waals surface area contributed by atoms with Gasteiger partial charge in [-0.25, -0.2) is 4.79 Å². The molecule has 22 heavy (non-hydrogen) atoms. The molecule has 0 bridgehead atoms. The van der Waals surface area contributed by atoms with Crippen LogP contribution in [0.2, 0.25) is 0 Å². The van der Waals surface area contributed by atoms with Gasteiger partial charge in [-0.05, 0) is 25.1 Å². The van der Waals surface area contributed by atoms with E-state index in [-0.39, 0.29) is 5.22 Å². The van der Waals surface area contributed by atoms with Crippen molar-refractivity contribution in [1.82, 2.24) is 20.8 Å². The normalized spacial score (nSPS) is 11.8. The number of carbonyl (C=O) groups excluding carboxylic acids is 2. The number of nitrogens with zero attached hydrogens (tertiary/aromatic N) is 2. The van der Waals surface area contributed by atoms with E-state index in [1.54, 1.807) is 6.92 Å². The number of carbonyl (C=O) groups is 2. The van der Waals surface area contributed by atoms with Crippen molar-refractivity contribution in [2.45, 2.75) is 17.4 Å². The van der Waals surface area contributed by atoms with Gasteiger partial charge in [0.25, 0.3) is 5.22 Å². The van der Waals surface area contributed by atoms with Crippen LogP contribution in [-0.4, -0.2) is 34.4 Å². The summed E-state index contributed by atoms with van der Waals surface area (Å²) in [6.45, 7) is 1.64. The lowest BCUT2D eigenvalue weighted by molar-refractivity contribution is -0.119. The molecule has 0 aliphatic carbocycles. The van der Waals surface area contributed by atoms with Gasteiger partial charge in [-0.15, -0.1) is 10.2 Å². The lowest BCUT2D eigenvalue weighted by atomic mass is 10.2. The Labute approximate surface area is 139 Å². The number of hydrogen-bond acceptors (Lipinski definition) is 6. The Kier molecular flexibility index (Phi) is 5.56. The first-order valence-corrected chi connectivity index (χ1v) is 7.95. The molecule has 2 aromatic rings. The fraction of sp³-hybridized carbons (Fsp3) is 0.231. The molecule has 1 heterocycles. The van der Waals surface area contributed by atoms with Gasteiger partial charge in [0.2, 0.25) is 11.8 Å². The number of amides is 3. The van der Waals surface area contributed by atoms with Crippen LogP contribution in [0.15, 0.2) is 38.4 Å². The fourth-order valence-electron chi connectivity index (χ4n) is 1.48. The molecular weight excluding hydrogens is 372 g/mol. The minimum Gasteiger partial charge on any atom is -0.411 e. The zero-order valence-corrected chi connectivity index (χ0v) is 14.2. The van der Waals surface area contributed by atoms with Crippen LogP contribution in [0.25, 0.3) is 11.5 Å². The van der Waals surface area contributed by atoms with Gasteiger partial charge in [-0.1, -0.05) is 33.8 Å². The highest BCUT2D eigenvalue weighted by Crippen LogP contribution is 2.27. The molecule has 2 N–H and O–H groups in total. The van der Waals surface area contributed by atoms with Crippen LogP contribution in [0.4, 0.5) is 4.79 Å². The predicted octanol–water partition coefficient (Wildman–Crippen LogP) is 2.44. The minimum atomic E-state index is -0.558. The highest BCUT2D eigenvalue weighted by Gasteiger charge is 2.20. The van der Waals surface area contributed by atoms with E-state index in [0.29, 0.717) is 5.89 Å². The molecule has 1 aromatic heterocycles. The topological polar surface area (TPSA) is 97.1 Å². The van der Waals surface area contributed by atoms with Gasteiger partial charge in [0.05, 0.1) is 5.25 Å². The Hall–Kier alpha value is -1.87. The molecule has 0 saturated heterocycles. The van der Waals surface area contributed by atoms with Crippen molar-refractivity contribution in [3.63, 3.8) is 0 Å². The molecule has 0 aliphatic rings. The number of imide groups is 1. The SMILES string of the molecule is CNC(=O)NC(=O)[C@@H](C)Sc1nnc(-c2cccc(Br)c2)o1. The molecule has 0 saturated carbocycles. The summed E-state index contributed by atoms with van der Waals surface area (Å²) in [6.07, 6.45) is 0. The van der Waals surface area contributed by atoms with Crippen LogP contribution < -0.4 is 10.6 Å². The zero-order chi connectivity index (χ0) is 16.1. The van der Waals surface area contributed by atoms with Crippen LogP contribution in [0.3, 0.4) is 0 Å². The Balaban J connectivity index is 2.03. The lowest BCUT2D eigenvalue weighted by Crippen LogP contribution is -2.41. The molecular formula is C13H13BrN4O3S. The van der Waals surface area contributed by atoms with Gasteiger partial charge in [-0.2, -0.15) is 0 Å². The molecule has 0 spiro atoms. The van der Waals surface area contributed by atoms with Crippen LogP contribution in [0.5, 0.6) is 0 Å². The molecule has 0 aliphatic heterocycles. The van der Waals surface area contributed by atoms with Crippen molar-refractivity contribution in [3.05, 3.63) is 28.7 Å². The summed E-state index contributed by atoms with van der Waals surface area (Å²) in [5.41, 5.74) is 0.774. The first kappa shape index (κ1) is 16.5. The number of halogens is 1. The number of nitrogens with one attached hydrogen (secondary N) is 2. The maximum atomic E-state index is 11.7. The van der Waals surface area contributed by atoms with E-state index in [4.69, 9.17) is 4.42 Å². The zero-order valence-electron chi connectivity index (χ0n) is 11.8. The third-order valence-electron chi connectivity index (χ3n) is 2.59. The quantitative estimate of drug-likeness (QED) is 0.785. The van der Waals surface area contributed by atoms with E-state index < -0.39 is 17.2 Å². The van der Waals surface area contributed by atoms with Crippen LogP contribution in [0.1, 0.15) is 6.92 Å². The summed E-state index contributed by atoms with van der Waals surface area (Å²) < 4.78 is 6.41. The summed E-state index contributed by atoms with van der Waals surface area (Å²) in [5, 5.41) is 12.1. The van der Waals surface area contributed by atoms with Crippen molar-refractivity contribution in [3.8, 4) is 11.5 Å². The Morgan fingerprint density at radius 2 is 2.14 bits per heavy atom. The van der Waals surface area contributed by atoms with E-state index in [2.05, 4.69) is 36.8 Å². The van der Waals surface area contributed by atoms with Gasteiger partial charge in [0.15, 0.2) is 0 Å². The maximum absolute atomic E-state index is 11.7. The molecule has 3 amide bonds. The van der Waals surface area contributed by atoms with E-state index in [1.807, 2.05) is 24.3 Å². The Morgan fingerprint density at radius 3 is 2.82 bits per heavy atom. The number of benzene rings is 1. The predicted molar refractivity (Wildman–Crippen MR) is 85.4 cm³/mol. The van der Waals surface area contributed by atoms with Crippen molar-refractivity contribution < 1.29 is 14.0 Å². The number of thioether (sulfide) groups is 1. The summed E-state index contributed by atoms with van der Waals surface area (Å²) in [4.78, 5) is 22.8. The minimum absolute atomic E-state index is 0.259. The van der Waals surface area contributed by atoms with Crippen LogP contribution in [-0.2, 0) is 4.79 Å². The first-order valence-electron chi connectivity index (χ1n) is 6.28. The second-order valence-electron chi connectivity index (χ2n) is 4.21. The molecule has 1 aromatic carbocycles. The molecule has 9 heteroatoms. The van der Waals surface area contributed by atoms with Crippen LogP contribution >= 0.6 is 27.7 Å². The smallest absolute Gasteiger partial charge is 0.321 e. The maximum Gasteiger partial charge on any atom is 0.321 e. The van der Waals surface area contributed by atoms with Crippen molar-refractivity contribution >= 4 is 39.6 Å². The largest absolute Gasteiger partial charge is 0.411 e.